The second-order valence-electron chi connectivity index (χ2n) is 3.55. The van der Waals surface area contributed by atoms with Crippen LogP contribution in [0.25, 0.3) is 0 Å². The van der Waals surface area contributed by atoms with Crippen molar-refractivity contribution in [3.05, 3.63) is 0 Å². The van der Waals surface area contributed by atoms with Crippen molar-refractivity contribution in [3.8, 4) is 0 Å². The second kappa shape index (κ2) is 3.73. The third kappa shape index (κ3) is 1.65. The van der Waals surface area contributed by atoms with Gasteiger partial charge in [0.25, 0.3) is 0 Å². The van der Waals surface area contributed by atoms with Crippen LogP contribution in [0, 0.1) is 0 Å². The van der Waals surface area contributed by atoms with E-state index in [0.717, 1.165) is 0 Å². The molecule has 2 aliphatic heterocycles. The summed E-state index contributed by atoms with van der Waals surface area (Å²) in [7, 11) is 0. The molecule has 0 saturated carbocycles. The Hall–Kier alpha value is -0.240. The summed E-state index contributed by atoms with van der Waals surface area (Å²) in [5.41, 5.74) is 0. The van der Waals surface area contributed by atoms with E-state index in [9.17, 15) is 15.3 Å². The number of aliphatic hydroxyl groups is 3. The van der Waals surface area contributed by atoms with Crippen LogP contribution in [0.4, 0.5) is 0 Å². The minimum Gasteiger partial charge on any atom is -0.387 e. The molecule has 0 amide bonds. The van der Waals surface area contributed by atoms with Crippen molar-refractivity contribution in [1.82, 2.24) is 0 Å². The zero-order chi connectivity index (χ0) is 10.3. The maximum Gasteiger partial charge on any atom is 0.184 e. The van der Waals surface area contributed by atoms with Crippen LogP contribution in [-0.2, 0) is 14.2 Å². The molecule has 0 spiro atoms. The summed E-state index contributed by atoms with van der Waals surface area (Å²) >= 11 is 0. The zero-order valence-electron chi connectivity index (χ0n) is 7.74. The van der Waals surface area contributed by atoms with E-state index in [0.29, 0.717) is 0 Å². The van der Waals surface area contributed by atoms with Crippen molar-refractivity contribution in [1.29, 1.82) is 0 Å². The molecule has 0 radical (unpaired) electrons. The van der Waals surface area contributed by atoms with Crippen LogP contribution >= 0.6 is 0 Å². The van der Waals surface area contributed by atoms with E-state index in [2.05, 4.69) is 0 Å². The molecule has 2 fully saturated rings. The molecule has 0 aromatic rings. The normalized spacial score (nSPS) is 54.0. The first-order chi connectivity index (χ1) is 6.59. The summed E-state index contributed by atoms with van der Waals surface area (Å²) < 4.78 is 15.4. The highest BCUT2D eigenvalue weighted by molar-refractivity contribution is 4.91. The van der Waals surface area contributed by atoms with E-state index in [1.807, 2.05) is 0 Å². The highest BCUT2D eigenvalue weighted by Crippen LogP contribution is 2.27. The van der Waals surface area contributed by atoms with Gasteiger partial charge in [-0.15, -0.1) is 0 Å². The van der Waals surface area contributed by atoms with Gasteiger partial charge < -0.3 is 29.5 Å². The predicted octanol–water partition coefficient (Wildman–Crippen LogP) is -1.81. The Balaban J connectivity index is 2.08. The first-order valence-corrected chi connectivity index (χ1v) is 4.56. The van der Waals surface area contributed by atoms with Crippen LogP contribution in [0.2, 0.25) is 0 Å². The lowest BCUT2D eigenvalue weighted by Crippen LogP contribution is -2.62. The first kappa shape index (κ1) is 10.3. The Labute approximate surface area is 81.0 Å². The predicted molar refractivity (Wildman–Crippen MR) is 43.2 cm³/mol. The number of fused-ring (bicyclic) bond motifs is 1. The second-order valence-corrected chi connectivity index (χ2v) is 3.55. The smallest absolute Gasteiger partial charge is 0.184 e. The molecule has 14 heavy (non-hydrogen) atoms. The van der Waals surface area contributed by atoms with Crippen molar-refractivity contribution in [3.63, 3.8) is 0 Å². The molecule has 6 atom stereocenters. The van der Waals surface area contributed by atoms with Crippen molar-refractivity contribution in [2.75, 3.05) is 6.61 Å². The van der Waals surface area contributed by atoms with Crippen LogP contribution in [0.15, 0.2) is 0 Å². The quantitative estimate of drug-likeness (QED) is 0.433. The van der Waals surface area contributed by atoms with Crippen molar-refractivity contribution >= 4 is 0 Å². The highest BCUT2D eigenvalue weighted by Gasteiger charge is 2.47. The van der Waals surface area contributed by atoms with E-state index < -0.39 is 37.0 Å². The lowest BCUT2D eigenvalue weighted by Gasteiger charge is -2.44. The van der Waals surface area contributed by atoms with Crippen molar-refractivity contribution < 1.29 is 29.5 Å². The molecule has 0 aromatic carbocycles. The molecule has 0 bridgehead atoms. The Morgan fingerprint density at radius 3 is 2.50 bits per heavy atom. The average Bonchev–Trinajstić information content (AvgIpc) is 2.16. The Morgan fingerprint density at radius 2 is 1.79 bits per heavy atom. The van der Waals surface area contributed by atoms with Gasteiger partial charge in [-0.25, -0.2) is 0 Å². The molecule has 6 heteroatoms. The number of aliphatic hydroxyl groups excluding tert-OH is 3. The van der Waals surface area contributed by atoms with Gasteiger partial charge in [-0.1, -0.05) is 0 Å². The molecule has 0 aliphatic carbocycles. The fourth-order valence-electron chi connectivity index (χ4n) is 1.71. The summed E-state index contributed by atoms with van der Waals surface area (Å²) in [6.45, 7) is 1.94. The third-order valence-electron chi connectivity index (χ3n) is 2.50. The summed E-state index contributed by atoms with van der Waals surface area (Å²) in [5.74, 6) is 0. The lowest BCUT2D eigenvalue weighted by molar-refractivity contribution is -0.348. The minimum atomic E-state index is -1.38. The zero-order valence-corrected chi connectivity index (χ0v) is 7.74. The van der Waals surface area contributed by atoms with Gasteiger partial charge in [-0.3, -0.25) is 0 Å². The Bertz CT molecular complexity index is 208. The summed E-state index contributed by atoms with van der Waals surface area (Å²) in [5, 5.41) is 28.1. The van der Waals surface area contributed by atoms with Gasteiger partial charge in [0, 0.05) is 0 Å². The average molecular weight is 206 g/mol. The van der Waals surface area contributed by atoms with E-state index >= 15 is 0 Å². The Kier molecular flexibility index (Phi) is 2.74. The van der Waals surface area contributed by atoms with Crippen molar-refractivity contribution in [2.45, 2.75) is 43.9 Å². The highest BCUT2D eigenvalue weighted by atomic mass is 16.7. The monoisotopic (exact) mass is 206 g/mol. The molecule has 2 aliphatic rings. The van der Waals surface area contributed by atoms with E-state index in [1.54, 1.807) is 6.92 Å². The summed E-state index contributed by atoms with van der Waals surface area (Å²) in [6, 6.07) is 0. The number of hydrogen-bond donors (Lipinski definition) is 3. The van der Waals surface area contributed by atoms with Crippen LogP contribution in [0.5, 0.6) is 0 Å². The third-order valence-corrected chi connectivity index (χ3v) is 2.50. The van der Waals surface area contributed by atoms with Gasteiger partial charge >= 0.3 is 0 Å². The van der Waals surface area contributed by atoms with Gasteiger partial charge in [0.2, 0.25) is 0 Å². The Morgan fingerprint density at radius 1 is 1.07 bits per heavy atom. The standard InChI is InChI=1S/C8H14O6/c1-3-12-2-4-7(13-3)5(9)6(10)8(11)14-4/h3-11H,2H2,1H3/t3?,4-,5+,6+,7-,8-/m0/s1. The summed E-state index contributed by atoms with van der Waals surface area (Å²) in [4.78, 5) is 0. The molecule has 3 N–H and O–H groups in total. The number of ether oxygens (including phenoxy) is 3. The number of hydrogen-bond acceptors (Lipinski definition) is 6. The van der Waals surface area contributed by atoms with Crippen LogP contribution in [-0.4, -0.2) is 58.9 Å². The topological polar surface area (TPSA) is 88.4 Å². The summed E-state index contributed by atoms with van der Waals surface area (Å²) in [6.07, 6.45) is -5.46. The van der Waals surface area contributed by atoms with Gasteiger partial charge in [0.15, 0.2) is 12.6 Å². The van der Waals surface area contributed by atoms with Gasteiger partial charge in [0.1, 0.15) is 24.4 Å². The lowest BCUT2D eigenvalue weighted by atomic mass is 9.98. The maximum atomic E-state index is 9.59. The molecule has 82 valence electrons. The fourth-order valence-corrected chi connectivity index (χ4v) is 1.71. The SMILES string of the molecule is CC1OC[C@@H]2O[C@H](O)[C@H](O)[C@@H](O)[C@H]2O1. The van der Waals surface area contributed by atoms with E-state index in [-0.39, 0.29) is 6.61 Å². The first-order valence-electron chi connectivity index (χ1n) is 4.56. The number of rotatable bonds is 0. The molecule has 2 saturated heterocycles. The van der Waals surface area contributed by atoms with Gasteiger partial charge in [-0.2, -0.15) is 0 Å². The van der Waals surface area contributed by atoms with Gasteiger partial charge in [0.05, 0.1) is 6.61 Å². The molecule has 6 nitrogen and oxygen atoms in total. The largest absolute Gasteiger partial charge is 0.387 e. The fraction of sp³-hybridized carbons (Fsp3) is 1.00. The van der Waals surface area contributed by atoms with Crippen LogP contribution < -0.4 is 0 Å². The van der Waals surface area contributed by atoms with Gasteiger partial charge in [-0.05, 0) is 6.92 Å². The minimum absolute atomic E-state index is 0.243. The van der Waals surface area contributed by atoms with E-state index in [4.69, 9.17) is 14.2 Å². The maximum absolute atomic E-state index is 9.59. The van der Waals surface area contributed by atoms with E-state index in [1.165, 1.54) is 0 Å². The molecule has 2 rings (SSSR count). The van der Waals surface area contributed by atoms with Crippen LogP contribution in [0.3, 0.4) is 0 Å². The molecular formula is C8H14O6. The van der Waals surface area contributed by atoms with Crippen molar-refractivity contribution in [2.24, 2.45) is 0 Å². The molecular weight excluding hydrogens is 192 g/mol. The molecule has 1 unspecified atom stereocenters. The van der Waals surface area contributed by atoms with Crippen LogP contribution in [0.1, 0.15) is 6.92 Å². The molecule has 0 aromatic heterocycles. The molecule has 2 heterocycles.